The first kappa shape index (κ1) is 8.79. The Hall–Kier alpha value is -0.300. The van der Waals surface area contributed by atoms with Gasteiger partial charge < -0.3 is 5.11 Å². The summed E-state index contributed by atoms with van der Waals surface area (Å²) < 4.78 is 0. The van der Waals surface area contributed by atoms with E-state index in [1.807, 2.05) is 6.92 Å². The zero-order valence-electron chi connectivity index (χ0n) is 7.56. The predicted octanol–water partition coefficient (Wildman–Crippen LogP) is 2.50. The van der Waals surface area contributed by atoms with Gasteiger partial charge in [-0.2, -0.15) is 0 Å². The van der Waals surface area contributed by atoms with Gasteiger partial charge in [0, 0.05) is 0 Å². The van der Waals surface area contributed by atoms with Crippen molar-refractivity contribution in [1.82, 2.24) is 0 Å². The molecule has 0 radical (unpaired) electrons. The van der Waals surface area contributed by atoms with Crippen LogP contribution in [0.5, 0.6) is 0 Å². The maximum Gasteiger partial charge on any atom is 0.0625 e. The van der Waals surface area contributed by atoms with Crippen molar-refractivity contribution in [2.75, 3.05) is 0 Å². The van der Waals surface area contributed by atoms with Crippen LogP contribution in [-0.4, -0.2) is 10.7 Å². The van der Waals surface area contributed by atoms with Crippen LogP contribution >= 0.6 is 0 Å². The SMILES string of the molecule is C=C(C)[C@@H]1CCC[C@@](C)(O)C1. The normalized spacial score (nSPS) is 38.6. The molecule has 64 valence electrons. The van der Waals surface area contributed by atoms with E-state index in [1.54, 1.807) is 0 Å². The van der Waals surface area contributed by atoms with Crippen molar-refractivity contribution < 1.29 is 5.11 Å². The van der Waals surface area contributed by atoms with E-state index in [9.17, 15) is 5.11 Å². The molecule has 1 heteroatoms. The summed E-state index contributed by atoms with van der Waals surface area (Å²) in [5.74, 6) is 0.554. The van der Waals surface area contributed by atoms with Crippen LogP contribution in [0.4, 0.5) is 0 Å². The largest absolute Gasteiger partial charge is 0.390 e. The van der Waals surface area contributed by atoms with E-state index in [2.05, 4.69) is 13.5 Å². The fourth-order valence-corrected chi connectivity index (χ4v) is 1.88. The Kier molecular flexibility index (Phi) is 2.38. The Morgan fingerprint density at radius 2 is 2.27 bits per heavy atom. The Morgan fingerprint density at radius 1 is 1.64 bits per heavy atom. The molecule has 1 fully saturated rings. The van der Waals surface area contributed by atoms with Crippen molar-refractivity contribution in [3.05, 3.63) is 12.2 Å². The zero-order valence-corrected chi connectivity index (χ0v) is 7.56. The average molecular weight is 154 g/mol. The fraction of sp³-hybridized carbons (Fsp3) is 0.800. The lowest BCUT2D eigenvalue weighted by atomic mass is 9.77. The highest BCUT2D eigenvalue weighted by molar-refractivity contribution is 5.00. The van der Waals surface area contributed by atoms with E-state index in [0.29, 0.717) is 5.92 Å². The summed E-state index contributed by atoms with van der Waals surface area (Å²) in [4.78, 5) is 0. The van der Waals surface area contributed by atoms with Crippen LogP contribution in [0.25, 0.3) is 0 Å². The lowest BCUT2D eigenvalue weighted by Gasteiger charge is -2.34. The zero-order chi connectivity index (χ0) is 8.48. The number of aliphatic hydroxyl groups is 1. The highest BCUT2D eigenvalue weighted by atomic mass is 16.3. The number of allylic oxidation sites excluding steroid dienone is 1. The minimum absolute atomic E-state index is 0.429. The number of hydrogen-bond donors (Lipinski definition) is 1. The van der Waals surface area contributed by atoms with Crippen LogP contribution < -0.4 is 0 Å². The summed E-state index contributed by atoms with van der Waals surface area (Å²) >= 11 is 0. The molecule has 1 aliphatic carbocycles. The van der Waals surface area contributed by atoms with Gasteiger partial charge in [0.1, 0.15) is 0 Å². The molecule has 0 saturated heterocycles. The van der Waals surface area contributed by atoms with Gasteiger partial charge in [-0.15, -0.1) is 0 Å². The van der Waals surface area contributed by atoms with Crippen molar-refractivity contribution in [2.24, 2.45) is 5.92 Å². The van der Waals surface area contributed by atoms with Crippen LogP contribution in [-0.2, 0) is 0 Å². The van der Waals surface area contributed by atoms with Gasteiger partial charge >= 0.3 is 0 Å². The first-order valence-corrected chi connectivity index (χ1v) is 4.39. The van der Waals surface area contributed by atoms with Gasteiger partial charge in [0.05, 0.1) is 5.60 Å². The van der Waals surface area contributed by atoms with Crippen LogP contribution in [0.3, 0.4) is 0 Å². The predicted molar refractivity (Wildman–Crippen MR) is 47.4 cm³/mol. The highest BCUT2D eigenvalue weighted by Crippen LogP contribution is 2.35. The van der Waals surface area contributed by atoms with Gasteiger partial charge in [-0.1, -0.05) is 18.6 Å². The Bertz CT molecular complexity index is 158. The van der Waals surface area contributed by atoms with E-state index in [0.717, 1.165) is 19.3 Å². The molecule has 11 heavy (non-hydrogen) atoms. The molecule has 0 aromatic heterocycles. The van der Waals surface area contributed by atoms with Gasteiger partial charge in [-0.25, -0.2) is 0 Å². The van der Waals surface area contributed by atoms with E-state index in [-0.39, 0.29) is 0 Å². The molecule has 1 rings (SSSR count). The van der Waals surface area contributed by atoms with Crippen molar-refractivity contribution in [1.29, 1.82) is 0 Å². The molecule has 0 unspecified atom stereocenters. The van der Waals surface area contributed by atoms with Gasteiger partial charge in [0.2, 0.25) is 0 Å². The van der Waals surface area contributed by atoms with Crippen LogP contribution in [0.2, 0.25) is 0 Å². The van der Waals surface area contributed by atoms with Crippen molar-refractivity contribution in [3.63, 3.8) is 0 Å². The van der Waals surface area contributed by atoms with Crippen LogP contribution in [0.1, 0.15) is 39.5 Å². The lowest BCUT2D eigenvalue weighted by Crippen LogP contribution is -2.31. The smallest absolute Gasteiger partial charge is 0.0625 e. The fourth-order valence-electron chi connectivity index (χ4n) is 1.88. The maximum absolute atomic E-state index is 9.75. The molecular weight excluding hydrogens is 136 g/mol. The third-order valence-electron chi connectivity index (χ3n) is 2.65. The summed E-state index contributed by atoms with van der Waals surface area (Å²) in [5.41, 5.74) is 0.798. The van der Waals surface area contributed by atoms with Crippen molar-refractivity contribution in [3.8, 4) is 0 Å². The van der Waals surface area contributed by atoms with Gasteiger partial charge in [0.25, 0.3) is 0 Å². The summed E-state index contributed by atoms with van der Waals surface area (Å²) in [6, 6.07) is 0. The molecule has 1 N–H and O–H groups in total. The molecule has 0 amide bonds. The Balaban J connectivity index is 2.53. The van der Waals surface area contributed by atoms with Crippen LogP contribution in [0, 0.1) is 5.92 Å². The molecule has 0 aromatic carbocycles. The van der Waals surface area contributed by atoms with E-state index in [4.69, 9.17) is 0 Å². The number of hydrogen-bond acceptors (Lipinski definition) is 1. The van der Waals surface area contributed by atoms with E-state index < -0.39 is 5.60 Å². The molecule has 1 saturated carbocycles. The topological polar surface area (TPSA) is 20.2 Å². The quantitative estimate of drug-likeness (QED) is 0.575. The standard InChI is InChI=1S/C10H18O/c1-8(2)9-5-4-6-10(3,11)7-9/h9,11H,1,4-7H2,2-3H3/t9-,10-/m1/s1. The van der Waals surface area contributed by atoms with Gasteiger partial charge in [-0.3, -0.25) is 0 Å². The molecule has 2 atom stereocenters. The van der Waals surface area contributed by atoms with Crippen molar-refractivity contribution in [2.45, 2.75) is 45.1 Å². The third kappa shape index (κ3) is 2.33. The second kappa shape index (κ2) is 2.98. The Labute approximate surface area is 69.1 Å². The summed E-state index contributed by atoms with van der Waals surface area (Å²) in [7, 11) is 0. The Morgan fingerprint density at radius 3 is 2.64 bits per heavy atom. The maximum atomic E-state index is 9.75. The number of rotatable bonds is 1. The molecule has 1 nitrogen and oxygen atoms in total. The van der Waals surface area contributed by atoms with E-state index >= 15 is 0 Å². The summed E-state index contributed by atoms with van der Waals surface area (Å²) in [6.45, 7) is 7.93. The molecule has 0 aromatic rings. The minimum Gasteiger partial charge on any atom is -0.390 e. The molecule has 0 bridgehead atoms. The average Bonchev–Trinajstić information content (AvgIpc) is 1.85. The molecule has 1 aliphatic rings. The first-order valence-electron chi connectivity index (χ1n) is 4.39. The molecular formula is C10H18O. The third-order valence-corrected chi connectivity index (χ3v) is 2.65. The second-order valence-corrected chi connectivity index (χ2v) is 4.14. The molecule has 0 spiro atoms. The summed E-state index contributed by atoms with van der Waals surface area (Å²) in [5, 5.41) is 9.75. The lowest BCUT2D eigenvalue weighted by molar-refractivity contribution is 0.00762. The van der Waals surface area contributed by atoms with Gasteiger partial charge in [0.15, 0.2) is 0 Å². The van der Waals surface area contributed by atoms with Crippen LogP contribution in [0.15, 0.2) is 12.2 Å². The van der Waals surface area contributed by atoms with Crippen molar-refractivity contribution >= 4 is 0 Å². The molecule has 0 heterocycles. The first-order chi connectivity index (χ1) is 5.01. The second-order valence-electron chi connectivity index (χ2n) is 4.14. The van der Waals surface area contributed by atoms with Gasteiger partial charge in [-0.05, 0) is 39.0 Å². The highest BCUT2D eigenvalue weighted by Gasteiger charge is 2.29. The van der Waals surface area contributed by atoms with E-state index in [1.165, 1.54) is 12.0 Å². The monoisotopic (exact) mass is 154 g/mol. The minimum atomic E-state index is -0.429. The molecule has 0 aliphatic heterocycles. The summed E-state index contributed by atoms with van der Waals surface area (Å²) in [6.07, 6.45) is 4.22.